The van der Waals surface area contributed by atoms with Crippen LogP contribution in [0.15, 0.2) is 65.5 Å². The number of hydrogen-bond donors (Lipinski definition) is 2. The molecule has 1 atom stereocenters. The van der Waals surface area contributed by atoms with E-state index in [9.17, 15) is 9.59 Å². The van der Waals surface area contributed by atoms with Crippen LogP contribution in [0.4, 0.5) is 5.69 Å². The lowest BCUT2D eigenvalue weighted by Crippen LogP contribution is -2.18. The molecule has 3 aromatic rings. The first-order valence-electron chi connectivity index (χ1n) is 8.18. The van der Waals surface area contributed by atoms with E-state index in [1.54, 1.807) is 13.2 Å². The Kier molecular flexibility index (Phi) is 5.12. The molecule has 2 aromatic carbocycles. The zero-order valence-electron chi connectivity index (χ0n) is 14.5. The number of amides is 1. The van der Waals surface area contributed by atoms with Crippen LogP contribution < -0.4 is 15.6 Å². The summed E-state index contributed by atoms with van der Waals surface area (Å²) in [4.78, 5) is 23.7. The number of rotatable bonds is 5. The first kappa shape index (κ1) is 17.4. The van der Waals surface area contributed by atoms with Crippen LogP contribution in [0, 0.1) is 0 Å². The van der Waals surface area contributed by atoms with Crippen LogP contribution >= 0.6 is 0 Å². The van der Waals surface area contributed by atoms with E-state index in [1.165, 1.54) is 6.07 Å². The fourth-order valence-electron chi connectivity index (χ4n) is 2.56. The van der Waals surface area contributed by atoms with Gasteiger partial charge >= 0.3 is 0 Å². The number of ether oxygens (including phenoxy) is 1. The molecule has 0 aliphatic carbocycles. The van der Waals surface area contributed by atoms with E-state index in [2.05, 4.69) is 15.5 Å². The average molecular weight is 349 g/mol. The van der Waals surface area contributed by atoms with Crippen molar-refractivity contribution in [3.05, 3.63) is 76.6 Å². The van der Waals surface area contributed by atoms with Crippen molar-refractivity contribution in [2.45, 2.75) is 12.8 Å². The van der Waals surface area contributed by atoms with Gasteiger partial charge < -0.3 is 10.1 Å². The highest BCUT2D eigenvalue weighted by atomic mass is 16.5. The molecule has 6 nitrogen and oxygen atoms in total. The second-order valence-corrected chi connectivity index (χ2v) is 5.87. The van der Waals surface area contributed by atoms with Crippen LogP contribution in [0.3, 0.4) is 0 Å². The van der Waals surface area contributed by atoms with Crippen LogP contribution in [0.25, 0.3) is 11.3 Å². The Balaban J connectivity index is 1.75. The second kappa shape index (κ2) is 7.65. The third-order valence-corrected chi connectivity index (χ3v) is 4.11. The normalized spacial score (nSPS) is 11.6. The summed E-state index contributed by atoms with van der Waals surface area (Å²) < 4.78 is 5.14. The van der Waals surface area contributed by atoms with Crippen molar-refractivity contribution in [2.24, 2.45) is 0 Å². The molecule has 132 valence electrons. The van der Waals surface area contributed by atoms with Crippen molar-refractivity contribution >= 4 is 11.6 Å². The number of aromatic nitrogens is 2. The molecule has 0 spiro atoms. The molecular weight excluding hydrogens is 330 g/mol. The largest absolute Gasteiger partial charge is 0.497 e. The Morgan fingerprint density at radius 1 is 1.12 bits per heavy atom. The van der Waals surface area contributed by atoms with Crippen molar-refractivity contribution in [2.75, 3.05) is 12.4 Å². The zero-order valence-corrected chi connectivity index (χ0v) is 14.5. The molecule has 3 rings (SSSR count). The number of aromatic amines is 1. The molecule has 2 N–H and O–H groups in total. The maximum Gasteiger partial charge on any atom is 0.264 e. The quantitative estimate of drug-likeness (QED) is 0.741. The number of methoxy groups -OCH3 is 1. The number of nitrogens with zero attached hydrogens (tertiary/aromatic N) is 1. The second-order valence-electron chi connectivity index (χ2n) is 5.87. The van der Waals surface area contributed by atoms with Gasteiger partial charge in [-0.2, -0.15) is 5.10 Å². The summed E-state index contributed by atoms with van der Waals surface area (Å²) in [5.41, 5.74) is 2.74. The first-order chi connectivity index (χ1) is 12.6. The number of carbonyl (C=O) groups excluding carboxylic acids is 1. The number of hydrogen-bond acceptors (Lipinski definition) is 4. The van der Waals surface area contributed by atoms with Crippen LogP contribution in [0.5, 0.6) is 5.75 Å². The molecule has 0 aliphatic rings. The van der Waals surface area contributed by atoms with E-state index in [0.29, 0.717) is 11.4 Å². The lowest BCUT2D eigenvalue weighted by molar-refractivity contribution is -0.117. The zero-order chi connectivity index (χ0) is 18.5. The average Bonchev–Trinajstić information content (AvgIpc) is 2.68. The summed E-state index contributed by atoms with van der Waals surface area (Å²) >= 11 is 0. The van der Waals surface area contributed by atoms with E-state index in [4.69, 9.17) is 4.74 Å². The standard InChI is InChI=1S/C20H19N3O3/c1-13(14-6-8-17(26-2)9-7-14)20(25)21-16-5-3-4-15(12-16)18-10-11-19(24)23-22-18/h3-13H,1-2H3,(H,21,25)(H,23,24). The highest BCUT2D eigenvalue weighted by Gasteiger charge is 2.15. The van der Waals surface area contributed by atoms with Gasteiger partial charge in [-0.05, 0) is 42.8 Å². The van der Waals surface area contributed by atoms with Gasteiger partial charge in [0, 0.05) is 17.3 Å². The van der Waals surface area contributed by atoms with Crippen molar-refractivity contribution in [3.8, 4) is 17.0 Å². The predicted octanol–water partition coefficient (Wildman–Crippen LogP) is 3.19. The third kappa shape index (κ3) is 3.97. The van der Waals surface area contributed by atoms with Gasteiger partial charge in [-0.15, -0.1) is 0 Å². The van der Waals surface area contributed by atoms with E-state index in [1.807, 2.05) is 55.5 Å². The molecule has 0 fully saturated rings. The minimum Gasteiger partial charge on any atom is -0.497 e. The highest BCUT2D eigenvalue weighted by Crippen LogP contribution is 2.23. The monoisotopic (exact) mass is 349 g/mol. The summed E-state index contributed by atoms with van der Waals surface area (Å²) in [6, 6.07) is 17.8. The summed E-state index contributed by atoms with van der Waals surface area (Å²) in [6.07, 6.45) is 0. The van der Waals surface area contributed by atoms with Crippen LogP contribution in [-0.4, -0.2) is 23.2 Å². The van der Waals surface area contributed by atoms with Gasteiger partial charge in [0.2, 0.25) is 5.91 Å². The Labute approximate surface area is 150 Å². The predicted molar refractivity (Wildman–Crippen MR) is 100 cm³/mol. The van der Waals surface area contributed by atoms with Crippen LogP contribution in [0.1, 0.15) is 18.4 Å². The van der Waals surface area contributed by atoms with Gasteiger partial charge in [-0.3, -0.25) is 9.59 Å². The Hall–Kier alpha value is -3.41. The molecule has 1 amide bonds. The number of carbonyl (C=O) groups is 1. The van der Waals surface area contributed by atoms with Gasteiger partial charge in [-0.1, -0.05) is 24.3 Å². The molecular formula is C20H19N3O3. The molecule has 1 aromatic heterocycles. The van der Waals surface area contributed by atoms with Crippen molar-refractivity contribution in [1.82, 2.24) is 10.2 Å². The fraction of sp³-hybridized carbons (Fsp3) is 0.150. The maximum atomic E-state index is 12.6. The van der Waals surface area contributed by atoms with Gasteiger partial charge in [0.1, 0.15) is 5.75 Å². The number of benzene rings is 2. The number of H-pyrrole nitrogens is 1. The summed E-state index contributed by atoms with van der Waals surface area (Å²) in [5, 5.41) is 9.33. The molecule has 0 saturated carbocycles. The SMILES string of the molecule is COc1ccc(C(C)C(=O)Nc2cccc(-c3ccc(=O)[nH]n3)c2)cc1. The third-order valence-electron chi connectivity index (χ3n) is 4.11. The van der Waals surface area contributed by atoms with Crippen molar-refractivity contribution in [1.29, 1.82) is 0 Å². The topological polar surface area (TPSA) is 84.1 Å². The lowest BCUT2D eigenvalue weighted by atomic mass is 10.00. The van der Waals surface area contributed by atoms with E-state index < -0.39 is 0 Å². The molecule has 1 heterocycles. The number of nitrogens with one attached hydrogen (secondary N) is 2. The minimum atomic E-state index is -0.309. The van der Waals surface area contributed by atoms with E-state index in [-0.39, 0.29) is 17.4 Å². The van der Waals surface area contributed by atoms with Crippen molar-refractivity contribution in [3.63, 3.8) is 0 Å². The van der Waals surface area contributed by atoms with E-state index >= 15 is 0 Å². The maximum absolute atomic E-state index is 12.6. The van der Waals surface area contributed by atoms with Crippen LogP contribution in [0.2, 0.25) is 0 Å². The van der Waals surface area contributed by atoms with Crippen LogP contribution in [-0.2, 0) is 4.79 Å². The number of anilines is 1. The smallest absolute Gasteiger partial charge is 0.264 e. The van der Waals surface area contributed by atoms with E-state index in [0.717, 1.165) is 16.9 Å². The summed E-state index contributed by atoms with van der Waals surface area (Å²) in [6.45, 7) is 1.85. The molecule has 6 heteroatoms. The Morgan fingerprint density at radius 3 is 2.54 bits per heavy atom. The highest BCUT2D eigenvalue weighted by molar-refractivity contribution is 5.96. The fourth-order valence-corrected chi connectivity index (χ4v) is 2.56. The van der Waals surface area contributed by atoms with Gasteiger partial charge in [0.05, 0.1) is 18.7 Å². The summed E-state index contributed by atoms with van der Waals surface area (Å²) in [5.74, 6) is 0.333. The molecule has 0 saturated heterocycles. The molecule has 1 unspecified atom stereocenters. The molecule has 0 bridgehead atoms. The lowest BCUT2D eigenvalue weighted by Gasteiger charge is -2.13. The van der Waals surface area contributed by atoms with Gasteiger partial charge in [0.25, 0.3) is 5.56 Å². The minimum absolute atomic E-state index is 0.109. The van der Waals surface area contributed by atoms with Gasteiger partial charge in [0.15, 0.2) is 0 Å². The Morgan fingerprint density at radius 2 is 1.88 bits per heavy atom. The Bertz CT molecular complexity index is 944. The first-order valence-corrected chi connectivity index (χ1v) is 8.18. The van der Waals surface area contributed by atoms with Gasteiger partial charge in [-0.25, -0.2) is 5.10 Å². The van der Waals surface area contributed by atoms with Crippen molar-refractivity contribution < 1.29 is 9.53 Å². The molecule has 26 heavy (non-hydrogen) atoms. The molecule has 0 radical (unpaired) electrons. The summed E-state index contributed by atoms with van der Waals surface area (Å²) in [7, 11) is 1.61. The molecule has 0 aliphatic heterocycles.